The number of likely N-dealkylation sites (tertiary alicyclic amines) is 1. The van der Waals surface area contributed by atoms with E-state index in [2.05, 4.69) is 66.1 Å². The average Bonchev–Trinajstić information content (AvgIpc) is 3.44. The third-order valence-corrected chi connectivity index (χ3v) is 8.27. The fraction of sp³-hybridized carbons (Fsp3) is 0.481. The van der Waals surface area contributed by atoms with Gasteiger partial charge in [-0.1, -0.05) is 30.3 Å². The van der Waals surface area contributed by atoms with Crippen molar-refractivity contribution in [2.45, 2.75) is 56.5 Å². The average molecular weight is 420 g/mol. The number of aromatic nitrogens is 1. The maximum Gasteiger partial charge on any atom is 0.123 e. The van der Waals surface area contributed by atoms with Crippen molar-refractivity contribution in [1.29, 1.82) is 0 Å². The van der Waals surface area contributed by atoms with Crippen molar-refractivity contribution in [3.8, 4) is 0 Å². The lowest BCUT2D eigenvalue weighted by atomic mass is 9.66. The van der Waals surface area contributed by atoms with Crippen molar-refractivity contribution in [2.75, 3.05) is 27.2 Å². The van der Waals surface area contributed by atoms with Gasteiger partial charge < -0.3 is 4.98 Å². The summed E-state index contributed by atoms with van der Waals surface area (Å²) in [6, 6.07) is 16.2. The minimum atomic E-state index is -0.157. The normalized spacial score (nSPS) is 27.4. The van der Waals surface area contributed by atoms with Crippen molar-refractivity contribution in [3.05, 3.63) is 71.2 Å². The zero-order valence-corrected chi connectivity index (χ0v) is 19.0. The van der Waals surface area contributed by atoms with Crippen LogP contribution in [-0.4, -0.2) is 42.0 Å². The Labute approximate surface area is 185 Å². The minimum absolute atomic E-state index is 0.00434. The number of nitrogens with one attached hydrogen (secondary N) is 1. The summed E-state index contributed by atoms with van der Waals surface area (Å²) in [5, 5.41) is 1.03. The third-order valence-electron chi connectivity index (χ3n) is 8.27. The van der Waals surface area contributed by atoms with Crippen molar-refractivity contribution in [2.24, 2.45) is 0 Å². The molecule has 1 saturated carbocycles. The van der Waals surface area contributed by atoms with Gasteiger partial charge in [0, 0.05) is 22.1 Å². The number of aryl methyl sites for hydroxylation is 1. The summed E-state index contributed by atoms with van der Waals surface area (Å²) in [6.45, 7) is 4.49. The van der Waals surface area contributed by atoms with Gasteiger partial charge in [-0.3, -0.25) is 9.80 Å². The Kier molecular flexibility index (Phi) is 5.18. The summed E-state index contributed by atoms with van der Waals surface area (Å²) in [7, 11) is 4.46. The predicted molar refractivity (Wildman–Crippen MR) is 126 cm³/mol. The molecule has 1 saturated heterocycles. The number of aromatic amines is 1. The lowest BCUT2D eigenvalue weighted by Crippen LogP contribution is -2.54. The number of fused-ring (bicyclic) bond motifs is 1. The molecule has 0 atom stereocenters. The van der Waals surface area contributed by atoms with Gasteiger partial charge in [-0.15, -0.1) is 0 Å². The molecule has 0 spiro atoms. The lowest BCUT2D eigenvalue weighted by molar-refractivity contribution is -0.00609. The van der Waals surface area contributed by atoms with Crippen LogP contribution in [0.4, 0.5) is 4.39 Å². The highest BCUT2D eigenvalue weighted by molar-refractivity contribution is 5.85. The highest BCUT2D eigenvalue weighted by Crippen LogP contribution is 2.52. The van der Waals surface area contributed by atoms with E-state index >= 15 is 0 Å². The van der Waals surface area contributed by atoms with E-state index in [0.717, 1.165) is 49.7 Å². The number of H-pyrrole nitrogens is 1. The van der Waals surface area contributed by atoms with Crippen molar-refractivity contribution in [1.82, 2.24) is 14.8 Å². The van der Waals surface area contributed by atoms with Crippen LogP contribution >= 0.6 is 0 Å². The monoisotopic (exact) mass is 419 g/mol. The molecule has 4 heteroatoms. The first-order valence-corrected chi connectivity index (χ1v) is 11.7. The zero-order valence-electron chi connectivity index (χ0n) is 19.0. The van der Waals surface area contributed by atoms with E-state index in [1.807, 2.05) is 6.07 Å². The first-order valence-electron chi connectivity index (χ1n) is 11.7. The van der Waals surface area contributed by atoms with Gasteiger partial charge in [0.05, 0.1) is 5.54 Å². The van der Waals surface area contributed by atoms with E-state index < -0.39 is 0 Å². The van der Waals surface area contributed by atoms with E-state index in [-0.39, 0.29) is 16.9 Å². The first kappa shape index (κ1) is 20.7. The molecule has 0 unspecified atom stereocenters. The number of halogens is 1. The molecule has 164 valence electrons. The number of nitrogens with zero attached hydrogens (tertiary/aromatic N) is 2. The van der Waals surface area contributed by atoms with E-state index in [0.29, 0.717) is 0 Å². The van der Waals surface area contributed by atoms with Crippen LogP contribution in [0.5, 0.6) is 0 Å². The van der Waals surface area contributed by atoms with Gasteiger partial charge in [0.1, 0.15) is 5.82 Å². The Morgan fingerprint density at radius 1 is 0.935 bits per heavy atom. The highest BCUT2D eigenvalue weighted by atomic mass is 19.1. The fourth-order valence-electron chi connectivity index (χ4n) is 6.45. The van der Waals surface area contributed by atoms with Gasteiger partial charge in [-0.05, 0) is 102 Å². The zero-order chi connectivity index (χ0) is 21.6. The molecule has 1 aliphatic carbocycles. The molecule has 5 rings (SSSR count). The second-order valence-electron chi connectivity index (χ2n) is 9.83. The summed E-state index contributed by atoms with van der Waals surface area (Å²) in [6.07, 6.45) is 6.99. The van der Waals surface area contributed by atoms with Gasteiger partial charge >= 0.3 is 0 Å². The van der Waals surface area contributed by atoms with Gasteiger partial charge in [-0.2, -0.15) is 0 Å². The maximum absolute atomic E-state index is 14.0. The molecule has 2 heterocycles. The summed E-state index contributed by atoms with van der Waals surface area (Å²) in [4.78, 5) is 8.91. The maximum atomic E-state index is 14.0. The predicted octanol–water partition coefficient (Wildman–Crippen LogP) is 5.94. The topological polar surface area (TPSA) is 22.3 Å². The molecular weight excluding hydrogens is 385 g/mol. The molecule has 1 aromatic heterocycles. The molecule has 2 aromatic carbocycles. The number of hydrogen-bond acceptors (Lipinski definition) is 2. The largest absolute Gasteiger partial charge is 0.357 e. The second-order valence-corrected chi connectivity index (χ2v) is 9.83. The summed E-state index contributed by atoms with van der Waals surface area (Å²) in [5.74, 6) is -0.157. The van der Waals surface area contributed by atoms with Crippen LogP contribution in [-0.2, 0) is 11.1 Å². The third kappa shape index (κ3) is 3.23. The molecule has 3 aromatic rings. The van der Waals surface area contributed by atoms with Crippen LogP contribution in [0.25, 0.3) is 10.9 Å². The molecule has 1 aliphatic heterocycles. The van der Waals surface area contributed by atoms with E-state index in [1.54, 1.807) is 12.1 Å². The van der Waals surface area contributed by atoms with Crippen molar-refractivity contribution in [3.63, 3.8) is 0 Å². The van der Waals surface area contributed by atoms with Crippen LogP contribution in [0.15, 0.2) is 48.5 Å². The van der Waals surface area contributed by atoms with Crippen LogP contribution in [0.2, 0.25) is 0 Å². The van der Waals surface area contributed by atoms with E-state index in [9.17, 15) is 4.39 Å². The SMILES string of the molecule is Cc1c(C2(N3CCCC3)CCC(c3ccccc3)(N(C)C)CC2)[nH]c2ccc(F)cc12. The number of rotatable bonds is 4. The highest BCUT2D eigenvalue weighted by Gasteiger charge is 2.50. The van der Waals surface area contributed by atoms with Gasteiger partial charge in [0.15, 0.2) is 0 Å². The van der Waals surface area contributed by atoms with Crippen LogP contribution in [0.1, 0.15) is 55.3 Å². The molecule has 0 bridgehead atoms. The summed E-state index contributed by atoms with van der Waals surface area (Å²) >= 11 is 0. The van der Waals surface area contributed by atoms with Crippen LogP contribution in [0, 0.1) is 12.7 Å². The molecule has 0 radical (unpaired) electrons. The lowest BCUT2D eigenvalue weighted by Gasteiger charge is -2.53. The Morgan fingerprint density at radius 2 is 1.61 bits per heavy atom. The van der Waals surface area contributed by atoms with E-state index in [1.165, 1.54) is 29.7 Å². The molecule has 2 fully saturated rings. The van der Waals surface area contributed by atoms with Crippen molar-refractivity contribution >= 4 is 10.9 Å². The Bertz CT molecular complexity index is 1050. The quantitative estimate of drug-likeness (QED) is 0.565. The van der Waals surface area contributed by atoms with Gasteiger partial charge in [0.25, 0.3) is 0 Å². The van der Waals surface area contributed by atoms with E-state index in [4.69, 9.17) is 0 Å². The second kappa shape index (κ2) is 7.75. The molecular formula is C27H34FN3. The van der Waals surface area contributed by atoms with Gasteiger partial charge in [-0.25, -0.2) is 4.39 Å². The Balaban J connectivity index is 1.59. The minimum Gasteiger partial charge on any atom is -0.357 e. The molecule has 0 amide bonds. The molecule has 1 N–H and O–H groups in total. The number of benzene rings is 2. The fourth-order valence-corrected chi connectivity index (χ4v) is 6.45. The van der Waals surface area contributed by atoms with Crippen LogP contribution < -0.4 is 0 Å². The standard InChI is InChI=1S/C27H34FN3/c1-20-23-19-22(28)11-12-24(23)29-25(20)27(31-17-7-8-18-31)15-13-26(14-16-27,30(2)3)21-9-5-4-6-10-21/h4-6,9-12,19,29H,7-8,13-18H2,1-3H3. The Hall–Kier alpha value is -2.17. The molecule has 31 heavy (non-hydrogen) atoms. The van der Waals surface area contributed by atoms with Gasteiger partial charge in [0.2, 0.25) is 0 Å². The Morgan fingerprint density at radius 3 is 2.26 bits per heavy atom. The smallest absolute Gasteiger partial charge is 0.123 e. The number of hydrogen-bond donors (Lipinski definition) is 1. The first-order chi connectivity index (χ1) is 15.0. The summed E-state index contributed by atoms with van der Waals surface area (Å²) in [5.41, 5.74) is 5.08. The summed E-state index contributed by atoms with van der Waals surface area (Å²) < 4.78 is 14.0. The van der Waals surface area contributed by atoms with Crippen molar-refractivity contribution < 1.29 is 4.39 Å². The molecule has 3 nitrogen and oxygen atoms in total. The molecule has 2 aliphatic rings. The van der Waals surface area contributed by atoms with Crippen LogP contribution in [0.3, 0.4) is 0 Å².